The van der Waals surface area contributed by atoms with Crippen LogP contribution in [0.15, 0.2) is 18.2 Å². The van der Waals surface area contributed by atoms with Crippen LogP contribution >= 0.6 is 0 Å². The highest BCUT2D eigenvalue weighted by Gasteiger charge is 2.36. The lowest BCUT2D eigenvalue weighted by molar-refractivity contribution is -0.139. The Balaban J connectivity index is 1.56. The molecule has 0 saturated carbocycles. The molecule has 9 nitrogen and oxygen atoms in total. The van der Waals surface area contributed by atoms with E-state index in [2.05, 4.69) is 10.4 Å². The highest BCUT2D eigenvalue weighted by atomic mass is 19.4. The third kappa shape index (κ3) is 4.00. The number of benzene rings is 1. The summed E-state index contributed by atoms with van der Waals surface area (Å²) in [6, 6.07) is 1.55. The summed E-state index contributed by atoms with van der Waals surface area (Å²) in [4.78, 5) is 26.8. The van der Waals surface area contributed by atoms with E-state index in [-0.39, 0.29) is 36.9 Å². The quantitative estimate of drug-likeness (QED) is 0.360. The number of hydrogen-bond acceptors (Lipinski definition) is 5. The Morgan fingerprint density at radius 3 is 2.72 bits per heavy atom. The number of carbonyl (C=O) groups is 2. The summed E-state index contributed by atoms with van der Waals surface area (Å²) < 4.78 is 53.9. The maximum Gasteiger partial charge on any atom is 0.419 e. The number of halogens is 4. The fourth-order valence-corrected chi connectivity index (χ4v) is 3.94. The van der Waals surface area contributed by atoms with Gasteiger partial charge in [-0.15, -0.1) is 0 Å². The zero-order valence-electron chi connectivity index (χ0n) is 16.8. The Morgan fingerprint density at radius 1 is 1.28 bits per heavy atom. The van der Waals surface area contributed by atoms with E-state index in [4.69, 9.17) is 11.6 Å². The number of rotatable bonds is 2. The molecular weight excluding hydrogens is 434 g/mol. The Labute approximate surface area is 179 Å². The van der Waals surface area contributed by atoms with Crippen LogP contribution in [0, 0.1) is 11.7 Å². The molecule has 0 radical (unpaired) electrons. The first-order chi connectivity index (χ1) is 15.1. The van der Waals surface area contributed by atoms with Crippen molar-refractivity contribution in [2.24, 2.45) is 17.5 Å². The molecule has 5 N–H and O–H groups in total. The monoisotopic (exact) mass is 455 g/mol. The molecule has 13 heteroatoms. The second-order valence-corrected chi connectivity index (χ2v) is 7.81. The van der Waals surface area contributed by atoms with E-state index >= 15 is 0 Å². The summed E-state index contributed by atoms with van der Waals surface area (Å²) in [5.74, 6) is 3.94. The molecule has 1 aromatic heterocycles. The van der Waals surface area contributed by atoms with Crippen LogP contribution in [-0.2, 0) is 25.7 Å². The summed E-state index contributed by atoms with van der Waals surface area (Å²) in [5.41, 5.74) is 5.56. The van der Waals surface area contributed by atoms with Gasteiger partial charge in [-0.25, -0.2) is 15.0 Å². The minimum atomic E-state index is -4.89. The Morgan fingerprint density at radius 2 is 2.03 bits per heavy atom. The van der Waals surface area contributed by atoms with E-state index in [1.54, 1.807) is 4.68 Å². The fraction of sp³-hybridized carbons (Fsp3) is 0.421. The molecule has 0 fully saturated rings. The number of hydrogen-bond donors (Lipinski definition) is 3. The van der Waals surface area contributed by atoms with E-state index in [1.165, 1.54) is 4.90 Å². The summed E-state index contributed by atoms with van der Waals surface area (Å²) >= 11 is 0. The Kier molecular flexibility index (Phi) is 5.54. The molecule has 2 aliphatic rings. The average molecular weight is 455 g/mol. The van der Waals surface area contributed by atoms with Crippen LogP contribution < -0.4 is 16.9 Å². The van der Waals surface area contributed by atoms with E-state index < -0.39 is 29.5 Å². The summed E-state index contributed by atoms with van der Waals surface area (Å²) in [7, 11) is 0. The molecule has 0 bridgehead atoms. The maximum atomic E-state index is 13.5. The van der Waals surface area contributed by atoms with Crippen LogP contribution in [0.25, 0.3) is 0 Å². The second-order valence-electron chi connectivity index (χ2n) is 7.81. The van der Waals surface area contributed by atoms with Gasteiger partial charge in [0.05, 0.1) is 17.8 Å². The van der Waals surface area contributed by atoms with Gasteiger partial charge in [-0.05, 0) is 24.7 Å². The second kappa shape index (κ2) is 8.06. The molecule has 172 valence electrons. The average Bonchev–Trinajstić information content (AvgIpc) is 3.04. The molecule has 2 aliphatic heterocycles. The summed E-state index contributed by atoms with van der Waals surface area (Å²) in [6.45, 7) is 1.25. The molecule has 0 saturated heterocycles. The summed E-state index contributed by atoms with van der Waals surface area (Å²) in [5, 5.41) is 7.93. The Hall–Kier alpha value is -3.19. The van der Waals surface area contributed by atoms with Crippen LogP contribution in [0.3, 0.4) is 0 Å². The van der Waals surface area contributed by atoms with Crippen molar-refractivity contribution in [3.63, 3.8) is 0 Å². The number of hydrazine groups is 1. The van der Waals surface area contributed by atoms with Crippen molar-refractivity contribution in [1.29, 1.82) is 0 Å². The molecule has 3 amide bonds. The van der Waals surface area contributed by atoms with Gasteiger partial charge in [-0.2, -0.15) is 18.3 Å². The van der Waals surface area contributed by atoms with Crippen molar-refractivity contribution in [2.75, 3.05) is 25.0 Å². The first-order valence-corrected chi connectivity index (χ1v) is 9.86. The molecule has 32 heavy (non-hydrogen) atoms. The lowest BCUT2D eigenvalue weighted by atomic mass is 10.1. The van der Waals surface area contributed by atoms with E-state index in [0.717, 1.165) is 11.1 Å². The van der Waals surface area contributed by atoms with Crippen molar-refractivity contribution in [3.05, 3.63) is 46.5 Å². The van der Waals surface area contributed by atoms with Crippen molar-refractivity contribution >= 4 is 17.6 Å². The number of aromatic nitrogens is 2. The van der Waals surface area contributed by atoms with Gasteiger partial charge in [0.25, 0.3) is 5.91 Å². The molecular formula is C19H21F4N7O2. The molecule has 0 spiro atoms. The van der Waals surface area contributed by atoms with E-state index in [9.17, 15) is 27.2 Å². The number of nitrogens with zero attached hydrogens (tertiary/aromatic N) is 4. The number of anilines is 1. The lowest BCUT2D eigenvalue weighted by Gasteiger charge is -2.27. The van der Waals surface area contributed by atoms with Gasteiger partial charge in [0.2, 0.25) is 0 Å². The molecule has 1 unspecified atom stereocenters. The third-order valence-corrected chi connectivity index (χ3v) is 5.59. The zero-order chi connectivity index (χ0) is 23.2. The number of alkyl halides is 3. The minimum Gasteiger partial charge on any atom is -0.330 e. The predicted octanol–water partition coefficient (Wildman–Crippen LogP) is 1.54. The maximum absolute atomic E-state index is 13.5. The zero-order valence-corrected chi connectivity index (χ0v) is 16.8. The lowest BCUT2D eigenvalue weighted by Crippen LogP contribution is -2.42. The van der Waals surface area contributed by atoms with E-state index in [1.807, 2.05) is 0 Å². The van der Waals surface area contributed by atoms with Crippen LogP contribution in [0.4, 0.5) is 28.0 Å². The molecule has 2 aromatic rings. The molecule has 4 rings (SSSR count). The van der Waals surface area contributed by atoms with Gasteiger partial charge < -0.3 is 16.0 Å². The molecule has 1 atom stereocenters. The number of nitrogens with one attached hydrogen (secondary N) is 1. The van der Waals surface area contributed by atoms with Gasteiger partial charge in [-0.1, -0.05) is 0 Å². The third-order valence-electron chi connectivity index (χ3n) is 5.59. The fourth-order valence-electron chi connectivity index (χ4n) is 3.94. The first-order valence-electron chi connectivity index (χ1n) is 9.86. The van der Waals surface area contributed by atoms with Gasteiger partial charge >= 0.3 is 12.2 Å². The van der Waals surface area contributed by atoms with Crippen molar-refractivity contribution < 1.29 is 27.2 Å². The SMILES string of the molecule is NCC1CN(N)C(=O)c2c3c(nn2C1)CCN(C(=O)Nc1ccc(F)c(C(F)(F)F)c1)C3. The highest BCUT2D eigenvalue weighted by molar-refractivity contribution is 5.95. The minimum absolute atomic E-state index is 0.0245. The number of urea groups is 1. The molecule has 0 aliphatic carbocycles. The standard InChI is InChI=1S/C19H21F4N7O2/c20-14-2-1-11(5-13(14)19(21,22)23)26-18(32)28-4-3-15-12(9-28)16-17(31)29(25)7-10(6-24)8-30(16)27-15/h1-2,5,10H,3-4,6-9,24-25H2,(H,26,32). The number of fused-ring (bicyclic) bond motifs is 3. The van der Waals surface area contributed by atoms with Gasteiger partial charge in [0, 0.05) is 43.2 Å². The largest absolute Gasteiger partial charge is 0.419 e. The number of amides is 3. The first kappa shape index (κ1) is 22.0. The normalized spacial score (nSPS) is 18.8. The smallest absolute Gasteiger partial charge is 0.330 e. The van der Waals surface area contributed by atoms with Crippen molar-refractivity contribution in [1.82, 2.24) is 19.7 Å². The predicted molar refractivity (Wildman–Crippen MR) is 105 cm³/mol. The van der Waals surface area contributed by atoms with Gasteiger partial charge in [-0.3, -0.25) is 14.5 Å². The van der Waals surface area contributed by atoms with Gasteiger partial charge in [0.1, 0.15) is 11.5 Å². The van der Waals surface area contributed by atoms with Crippen LogP contribution in [0.2, 0.25) is 0 Å². The number of carbonyl (C=O) groups excluding carboxylic acids is 2. The van der Waals surface area contributed by atoms with E-state index in [0.29, 0.717) is 42.9 Å². The van der Waals surface area contributed by atoms with Crippen molar-refractivity contribution in [3.8, 4) is 0 Å². The highest BCUT2D eigenvalue weighted by Crippen LogP contribution is 2.33. The Bertz CT molecular complexity index is 1070. The van der Waals surface area contributed by atoms with Gasteiger partial charge in [0.15, 0.2) is 0 Å². The number of nitrogens with two attached hydrogens (primary N) is 2. The molecule has 1 aromatic carbocycles. The van der Waals surface area contributed by atoms with Crippen LogP contribution in [-0.4, -0.2) is 51.3 Å². The summed E-state index contributed by atoms with van der Waals surface area (Å²) in [6.07, 6.45) is -4.54. The topological polar surface area (TPSA) is 123 Å². The van der Waals surface area contributed by atoms with Crippen molar-refractivity contribution in [2.45, 2.75) is 25.7 Å². The molecule has 3 heterocycles. The van der Waals surface area contributed by atoms with Crippen LogP contribution in [0.5, 0.6) is 0 Å². The van der Waals surface area contributed by atoms with Crippen LogP contribution in [0.1, 0.15) is 27.3 Å².